The molecule has 2 rings (SSSR count). The van der Waals surface area contributed by atoms with E-state index in [0.29, 0.717) is 13.2 Å². The number of aromatic nitrogens is 1. The minimum atomic E-state index is -0.527. The van der Waals surface area contributed by atoms with Gasteiger partial charge in [0.2, 0.25) is 5.43 Å². The van der Waals surface area contributed by atoms with Gasteiger partial charge in [-0.3, -0.25) is 4.79 Å². The maximum atomic E-state index is 12.1. The van der Waals surface area contributed by atoms with Gasteiger partial charge in [-0.05, 0) is 31.2 Å². The van der Waals surface area contributed by atoms with Crippen LogP contribution in [0.5, 0.6) is 17.2 Å². The van der Waals surface area contributed by atoms with Gasteiger partial charge in [0, 0.05) is 26.5 Å². The molecule has 0 fully saturated rings. The second kappa shape index (κ2) is 9.84. The monoisotopic (exact) mass is 363 g/mol. The SMILES string of the molecule is COc1ccc(OCCn2ccc(=O)c(OCC(OC)OC)c2C)cc1. The number of rotatable bonds is 10. The van der Waals surface area contributed by atoms with Crippen LogP contribution in [0.15, 0.2) is 41.3 Å². The van der Waals surface area contributed by atoms with Crippen LogP contribution in [0.1, 0.15) is 5.69 Å². The van der Waals surface area contributed by atoms with Crippen LogP contribution in [-0.4, -0.2) is 45.4 Å². The minimum Gasteiger partial charge on any atom is -0.497 e. The average Bonchev–Trinajstić information content (AvgIpc) is 2.67. The molecule has 0 bridgehead atoms. The molecule has 7 heteroatoms. The number of hydrogen-bond donors (Lipinski definition) is 0. The number of benzene rings is 1. The largest absolute Gasteiger partial charge is 0.497 e. The van der Waals surface area contributed by atoms with Gasteiger partial charge in [0.25, 0.3) is 0 Å². The molecule has 0 aliphatic carbocycles. The highest BCUT2D eigenvalue weighted by Crippen LogP contribution is 2.17. The Labute approximate surface area is 153 Å². The molecule has 0 saturated carbocycles. The van der Waals surface area contributed by atoms with E-state index in [1.165, 1.54) is 20.3 Å². The van der Waals surface area contributed by atoms with Gasteiger partial charge in [0.05, 0.1) is 19.3 Å². The second-order valence-electron chi connectivity index (χ2n) is 5.52. The van der Waals surface area contributed by atoms with E-state index in [1.807, 2.05) is 35.8 Å². The molecule has 1 heterocycles. The lowest BCUT2D eigenvalue weighted by atomic mass is 10.3. The van der Waals surface area contributed by atoms with Crippen molar-refractivity contribution in [1.29, 1.82) is 0 Å². The Kier molecular flexibility index (Phi) is 7.50. The van der Waals surface area contributed by atoms with Crippen molar-refractivity contribution in [2.75, 3.05) is 34.5 Å². The van der Waals surface area contributed by atoms with Gasteiger partial charge in [-0.15, -0.1) is 0 Å². The average molecular weight is 363 g/mol. The summed E-state index contributed by atoms with van der Waals surface area (Å²) < 4.78 is 28.5. The van der Waals surface area contributed by atoms with E-state index in [4.69, 9.17) is 23.7 Å². The van der Waals surface area contributed by atoms with Crippen LogP contribution in [0.3, 0.4) is 0 Å². The van der Waals surface area contributed by atoms with Crippen molar-refractivity contribution in [3.05, 3.63) is 52.4 Å². The fraction of sp³-hybridized carbons (Fsp3) is 0.421. The zero-order valence-electron chi connectivity index (χ0n) is 15.6. The fourth-order valence-corrected chi connectivity index (χ4v) is 2.39. The zero-order chi connectivity index (χ0) is 18.9. The quantitative estimate of drug-likeness (QED) is 0.603. The summed E-state index contributed by atoms with van der Waals surface area (Å²) in [5, 5.41) is 0. The molecule has 2 aromatic rings. The summed E-state index contributed by atoms with van der Waals surface area (Å²) in [6.45, 7) is 2.99. The number of hydrogen-bond acceptors (Lipinski definition) is 6. The number of ether oxygens (including phenoxy) is 5. The molecule has 0 aliphatic heterocycles. The molecular formula is C19H25NO6. The predicted octanol–water partition coefficient (Wildman–Crippen LogP) is 2.24. The molecule has 0 radical (unpaired) electrons. The van der Waals surface area contributed by atoms with Crippen molar-refractivity contribution in [3.8, 4) is 17.2 Å². The van der Waals surface area contributed by atoms with Crippen molar-refractivity contribution in [2.45, 2.75) is 19.8 Å². The normalized spacial score (nSPS) is 10.8. The molecule has 0 N–H and O–H groups in total. The molecule has 0 atom stereocenters. The third-order valence-electron chi connectivity index (χ3n) is 3.94. The molecule has 0 aliphatic rings. The summed E-state index contributed by atoms with van der Waals surface area (Å²) in [5.74, 6) is 1.82. The second-order valence-corrected chi connectivity index (χ2v) is 5.52. The van der Waals surface area contributed by atoms with Crippen molar-refractivity contribution in [2.24, 2.45) is 0 Å². The van der Waals surface area contributed by atoms with E-state index in [2.05, 4.69) is 0 Å². The van der Waals surface area contributed by atoms with Crippen molar-refractivity contribution < 1.29 is 23.7 Å². The molecule has 7 nitrogen and oxygen atoms in total. The highest BCUT2D eigenvalue weighted by Gasteiger charge is 2.12. The summed E-state index contributed by atoms with van der Waals surface area (Å²) in [6, 6.07) is 8.86. The van der Waals surface area contributed by atoms with Crippen molar-refractivity contribution in [1.82, 2.24) is 4.57 Å². The molecule has 0 unspecified atom stereocenters. The van der Waals surface area contributed by atoms with E-state index in [0.717, 1.165) is 17.2 Å². The molecule has 142 valence electrons. The Hall–Kier alpha value is -2.51. The first kappa shape index (κ1) is 19.8. The fourth-order valence-electron chi connectivity index (χ4n) is 2.39. The summed E-state index contributed by atoms with van der Waals surface area (Å²) in [4.78, 5) is 12.1. The highest BCUT2D eigenvalue weighted by atomic mass is 16.7. The first-order valence-electron chi connectivity index (χ1n) is 8.24. The standard InChI is InChI=1S/C19H25NO6/c1-14-19(26-13-18(23-3)24-4)17(21)9-10-20(14)11-12-25-16-7-5-15(22-2)6-8-16/h5-10,18H,11-13H2,1-4H3. The van der Waals surface area contributed by atoms with Crippen LogP contribution in [-0.2, 0) is 16.0 Å². The van der Waals surface area contributed by atoms with Gasteiger partial charge in [0.1, 0.15) is 24.7 Å². The van der Waals surface area contributed by atoms with Crippen LogP contribution in [0.2, 0.25) is 0 Å². The third-order valence-corrected chi connectivity index (χ3v) is 3.94. The van der Waals surface area contributed by atoms with Crippen LogP contribution in [0.25, 0.3) is 0 Å². The zero-order valence-corrected chi connectivity index (χ0v) is 15.6. The Bertz CT molecular complexity index is 737. The maximum absolute atomic E-state index is 12.1. The lowest BCUT2D eigenvalue weighted by molar-refractivity contribution is -0.122. The van der Waals surface area contributed by atoms with Crippen LogP contribution >= 0.6 is 0 Å². The number of nitrogens with zero attached hydrogens (tertiary/aromatic N) is 1. The predicted molar refractivity (Wildman–Crippen MR) is 97.2 cm³/mol. The van der Waals surface area contributed by atoms with E-state index in [9.17, 15) is 4.79 Å². The van der Waals surface area contributed by atoms with Gasteiger partial charge in [-0.2, -0.15) is 0 Å². The van der Waals surface area contributed by atoms with Gasteiger partial charge in [0.15, 0.2) is 12.0 Å². The lowest BCUT2D eigenvalue weighted by Crippen LogP contribution is -2.25. The van der Waals surface area contributed by atoms with Crippen LogP contribution < -0.4 is 19.6 Å². The van der Waals surface area contributed by atoms with E-state index >= 15 is 0 Å². The first-order valence-corrected chi connectivity index (χ1v) is 8.24. The number of methoxy groups -OCH3 is 3. The Morgan fingerprint density at radius 1 is 0.962 bits per heavy atom. The molecule has 1 aromatic heterocycles. The van der Waals surface area contributed by atoms with Gasteiger partial charge in [-0.25, -0.2) is 0 Å². The van der Waals surface area contributed by atoms with Gasteiger partial charge in [-0.1, -0.05) is 0 Å². The summed E-state index contributed by atoms with van der Waals surface area (Å²) in [7, 11) is 4.66. The lowest BCUT2D eigenvalue weighted by Gasteiger charge is -2.18. The molecule has 26 heavy (non-hydrogen) atoms. The van der Waals surface area contributed by atoms with Crippen LogP contribution in [0.4, 0.5) is 0 Å². The van der Waals surface area contributed by atoms with Crippen molar-refractivity contribution in [3.63, 3.8) is 0 Å². The smallest absolute Gasteiger partial charge is 0.223 e. The van der Waals surface area contributed by atoms with Gasteiger partial charge >= 0.3 is 0 Å². The van der Waals surface area contributed by atoms with E-state index in [1.54, 1.807) is 13.3 Å². The summed E-state index contributed by atoms with van der Waals surface area (Å²) in [6.07, 6.45) is 1.20. The summed E-state index contributed by atoms with van der Waals surface area (Å²) >= 11 is 0. The Morgan fingerprint density at radius 3 is 2.23 bits per heavy atom. The van der Waals surface area contributed by atoms with E-state index in [-0.39, 0.29) is 17.8 Å². The minimum absolute atomic E-state index is 0.134. The topological polar surface area (TPSA) is 68.2 Å². The Morgan fingerprint density at radius 2 is 1.62 bits per heavy atom. The Balaban J connectivity index is 1.98. The third kappa shape index (κ3) is 5.24. The van der Waals surface area contributed by atoms with E-state index < -0.39 is 6.29 Å². The van der Waals surface area contributed by atoms with Crippen molar-refractivity contribution >= 4 is 0 Å². The molecule has 0 spiro atoms. The maximum Gasteiger partial charge on any atom is 0.223 e. The highest BCUT2D eigenvalue weighted by molar-refractivity contribution is 5.31. The molecular weight excluding hydrogens is 338 g/mol. The molecule has 0 amide bonds. The van der Waals surface area contributed by atoms with Gasteiger partial charge < -0.3 is 28.3 Å². The molecule has 0 saturated heterocycles. The summed E-state index contributed by atoms with van der Waals surface area (Å²) in [5.41, 5.74) is 0.544. The molecule has 1 aromatic carbocycles. The first-order chi connectivity index (χ1) is 12.6. The van der Waals surface area contributed by atoms with Crippen LogP contribution in [0, 0.1) is 6.92 Å². The number of pyridine rings is 1.